The SMILES string of the molecule is COc1ccc(Cl)cc1C[C@](C)(CNC(=O)OC(C)(C)C)C(=O)O. The molecular formula is C17H24ClNO5. The second kappa shape index (κ2) is 7.75. The molecule has 1 aromatic rings. The third kappa shape index (κ3) is 5.92. The van der Waals surface area contributed by atoms with E-state index in [1.807, 2.05) is 0 Å². The number of carbonyl (C=O) groups excluding carboxylic acids is 1. The van der Waals surface area contributed by atoms with Gasteiger partial charge < -0.3 is 19.9 Å². The zero-order valence-electron chi connectivity index (χ0n) is 14.6. The van der Waals surface area contributed by atoms with E-state index >= 15 is 0 Å². The highest BCUT2D eigenvalue weighted by Gasteiger charge is 2.35. The Kier molecular flexibility index (Phi) is 6.49. The third-order valence-electron chi connectivity index (χ3n) is 3.36. The van der Waals surface area contributed by atoms with E-state index in [-0.39, 0.29) is 13.0 Å². The van der Waals surface area contributed by atoms with Gasteiger partial charge in [0.25, 0.3) is 0 Å². The fraction of sp³-hybridized carbons (Fsp3) is 0.529. The fourth-order valence-corrected chi connectivity index (χ4v) is 2.30. The summed E-state index contributed by atoms with van der Waals surface area (Å²) in [6, 6.07) is 5.01. The molecule has 6 nitrogen and oxygen atoms in total. The van der Waals surface area contributed by atoms with Gasteiger partial charge in [0.1, 0.15) is 11.4 Å². The number of halogens is 1. The lowest BCUT2D eigenvalue weighted by Gasteiger charge is -2.27. The normalized spacial score (nSPS) is 13.8. The van der Waals surface area contributed by atoms with Gasteiger partial charge in [0.05, 0.1) is 12.5 Å². The van der Waals surface area contributed by atoms with Crippen LogP contribution >= 0.6 is 11.6 Å². The van der Waals surface area contributed by atoms with Gasteiger partial charge in [-0.3, -0.25) is 4.79 Å². The predicted molar refractivity (Wildman–Crippen MR) is 91.7 cm³/mol. The van der Waals surface area contributed by atoms with Crippen LogP contribution in [0.25, 0.3) is 0 Å². The van der Waals surface area contributed by atoms with Crippen molar-refractivity contribution in [1.82, 2.24) is 5.32 Å². The van der Waals surface area contributed by atoms with Crippen LogP contribution in [0.5, 0.6) is 5.75 Å². The van der Waals surface area contributed by atoms with E-state index in [2.05, 4.69) is 5.32 Å². The zero-order chi connectivity index (χ0) is 18.5. The maximum Gasteiger partial charge on any atom is 0.407 e. The van der Waals surface area contributed by atoms with Crippen molar-refractivity contribution in [3.8, 4) is 5.75 Å². The molecule has 7 heteroatoms. The highest BCUT2D eigenvalue weighted by Crippen LogP contribution is 2.30. The number of carboxylic acid groups (broad SMARTS) is 1. The van der Waals surface area contributed by atoms with E-state index in [1.165, 1.54) is 7.11 Å². The van der Waals surface area contributed by atoms with Crippen molar-refractivity contribution in [2.24, 2.45) is 5.41 Å². The first-order valence-corrected chi connectivity index (χ1v) is 7.87. The lowest BCUT2D eigenvalue weighted by molar-refractivity contribution is -0.147. The number of aliphatic carboxylic acids is 1. The molecule has 0 aromatic heterocycles. The minimum atomic E-state index is -1.24. The molecule has 0 saturated carbocycles. The summed E-state index contributed by atoms with van der Waals surface area (Å²) in [4.78, 5) is 23.5. The van der Waals surface area contributed by atoms with Crippen molar-refractivity contribution in [2.45, 2.75) is 39.7 Å². The summed E-state index contributed by atoms with van der Waals surface area (Å²) in [5.41, 5.74) is -1.24. The van der Waals surface area contributed by atoms with Gasteiger partial charge in [0, 0.05) is 11.6 Å². The molecule has 0 bridgehead atoms. The van der Waals surface area contributed by atoms with Crippen LogP contribution in [0, 0.1) is 5.41 Å². The molecule has 1 atom stereocenters. The van der Waals surface area contributed by atoms with Crippen molar-refractivity contribution in [3.63, 3.8) is 0 Å². The van der Waals surface area contributed by atoms with Crippen LogP contribution in [0.15, 0.2) is 18.2 Å². The Balaban J connectivity index is 2.91. The summed E-state index contributed by atoms with van der Waals surface area (Å²) in [7, 11) is 1.50. The smallest absolute Gasteiger partial charge is 0.407 e. The maximum absolute atomic E-state index is 11.8. The Morgan fingerprint density at radius 3 is 2.38 bits per heavy atom. The predicted octanol–water partition coefficient (Wildman–Crippen LogP) is 3.51. The Bertz CT molecular complexity index is 611. The molecule has 0 spiro atoms. The summed E-state index contributed by atoms with van der Waals surface area (Å²) >= 11 is 5.99. The lowest BCUT2D eigenvalue weighted by Crippen LogP contribution is -2.44. The largest absolute Gasteiger partial charge is 0.496 e. The Morgan fingerprint density at radius 1 is 1.25 bits per heavy atom. The first-order valence-electron chi connectivity index (χ1n) is 7.49. The summed E-state index contributed by atoms with van der Waals surface area (Å²) in [5.74, 6) is -0.496. The van der Waals surface area contributed by atoms with E-state index in [0.29, 0.717) is 16.3 Å². The van der Waals surface area contributed by atoms with Crippen molar-refractivity contribution in [2.75, 3.05) is 13.7 Å². The van der Waals surface area contributed by atoms with Crippen LogP contribution in [0.3, 0.4) is 0 Å². The molecule has 0 radical (unpaired) electrons. The third-order valence-corrected chi connectivity index (χ3v) is 3.60. The molecule has 1 amide bonds. The fourth-order valence-electron chi connectivity index (χ4n) is 2.10. The van der Waals surface area contributed by atoms with Gasteiger partial charge in [-0.05, 0) is 57.9 Å². The van der Waals surface area contributed by atoms with Crippen LogP contribution in [-0.2, 0) is 16.0 Å². The lowest BCUT2D eigenvalue weighted by atomic mass is 9.83. The van der Waals surface area contributed by atoms with Gasteiger partial charge in [0.15, 0.2) is 0 Å². The standard InChI is InChI=1S/C17H24ClNO5/c1-16(2,3)24-15(22)19-10-17(4,14(20)21)9-11-8-12(18)6-7-13(11)23-5/h6-8H,9-10H2,1-5H3,(H,19,22)(H,20,21)/t17-/m1/s1. The van der Waals surface area contributed by atoms with Crippen molar-refractivity contribution in [3.05, 3.63) is 28.8 Å². The minimum absolute atomic E-state index is 0.0904. The van der Waals surface area contributed by atoms with Crippen molar-refractivity contribution in [1.29, 1.82) is 0 Å². The zero-order valence-corrected chi connectivity index (χ0v) is 15.4. The second-order valence-electron chi connectivity index (χ2n) is 6.85. The molecule has 0 aliphatic carbocycles. The van der Waals surface area contributed by atoms with Crippen LogP contribution in [0.2, 0.25) is 5.02 Å². The second-order valence-corrected chi connectivity index (χ2v) is 7.29. The molecular weight excluding hydrogens is 334 g/mol. The average molecular weight is 358 g/mol. The quantitative estimate of drug-likeness (QED) is 0.813. The number of alkyl carbamates (subject to hydrolysis) is 1. The topological polar surface area (TPSA) is 84.9 Å². The number of carbonyl (C=O) groups is 2. The number of hydrogen-bond donors (Lipinski definition) is 2. The number of rotatable bonds is 6. The number of benzene rings is 1. The Labute approximate surface area is 147 Å². The van der Waals surface area contributed by atoms with Gasteiger partial charge in [-0.2, -0.15) is 0 Å². The molecule has 0 fully saturated rings. The molecule has 0 heterocycles. The average Bonchev–Trinajstić information content (AvgIpc) is 2.43. The molecule has 134 valence electrons. The molecule has 1 aromatic carbocycles. The van der Waals surface area contributed by atoms with E-state index in [4.69, 9.17) is 21.1 Å². The van der Waals surface area contributed by atoms with Crippen molar-refractivity contribution < 1.29 is 24.2 Å². The minimum Gasteiger partial charge on any atom is -0.496 e. The van der Waals surface area contributed by atoms with Crippen LogP contribution in [0.4, 0.5) is 4.79 Å². The highest BCUT2D eigenvalue weighted by atomic mass is 35.5. The number of hydrogen-bond acceptors (Lipinski definition) is 4. The molecule has 0 aliphatic heterocycles. The van der Waals surface area contributed by atoms with Crippen molar-refractivity contribution >= 4 is 23.7 Å². The van der Waals surface area contributed by atoms with Gasteiger partial charge in [0.2, 0.25) is 0 Å². The first-order chi connectivity index (χ1) is 11.0. The Morgan fingerprint density at radius 2 is 1.88 bits per heavy atom. The van der Waals surface area contributed by atoms with Crippen LogP contribution in [0.1, 0.15) is 33.3 Å². The van der Waals surface area contributed by atoms with Crippen LogP contribution < -0.4 is 10.1 Å². The molecule has 0 aliphatic rings. The molecule has 1 rings (SSSR count). The molecule has 0 unspecified atom stereocenters. The summed E-state index contributed by atoms with van der Waals surface area (Å²) in [6.07, 6.45) is -0.518. The molecule has 24 heavy (non-hydrogen) atoms. The van der Waals surface area contributed by atoms with E-state index in [0.717, 1.165) is 0 Å². The maximum atomic E-state index is 11.8. The monoisotopic (exact) mass is 357 g/mol. The van der Waals surface area contributed by atoms with Gasteiger partial charge >= 0.3 is 12.1 Å². The number of carboxylic acids is 1. The van der Waals surface area contributed by atoms with E-state index < -0.39 is 23.1 Å². The van der Waals surface area contributed by atoms with Gasteiger partial charge in [-0.1, -0.05) is 11.6 Å². The van der Waals surface area contributed by atoms with Crippen LogP contribution in [-0.4, -0.2) is 36.4 Å². The highest BCUT2D eigenvalue weighted by molar-refractivity contribution is 6.30. The number of methoxy groups -OCH3 is 1. The number of ether oxygens (including phenoxy) is 2. The van der Waals surface area contributed by atoms with E-state index in [1.54, 1.807) is 45.9 Å². The van der Waals surface area contributed by atoms with E-state index in [9.17, 15) is 14.7 Å². The number of amides is 1. The molecule has 0 saturated heterocycles. The molecule has 2 N–H and O–H groups in total. The number of nitrogens with one attached hydrogen (secondary N) is 1. The summed E-state index contributed by atoms with van der Waals surface area (Å²) in [6.45, 7) is 6.67. The Hall–Kier alpha value is -1.95. The van der Waals surface area contributed by atoms with Gasteiger partial charge in [-0.15, -0.1) is 0 Å². The summed E-state index contributed by atoms with van der Waals surface area (Å²) in [5, 5.41) is 12.6. The summed E-state index contributed by atoms with van der Waals surface area (Å²) < 4.78 is 10.4. The first kappa shape index (κ1) is 20.1. The van der Waals surface area contributed by atoms with Gasteiger partial charge in [-0.25, -0.2) is 4.79 Å².